The molecule has 0 aliphatic heterocycles. The van der Waals surface area contributed by atoms with Crippen molar-refractivity contribution in [2.24, 2.45) is 0 Å². The summed E-state index contributed by atoms with van der Waals surface area (Å²) in [5.41, 5.74) is 1.64. The second-order valence-corrected chi connectivity index (χ2v) is 11.2. The zero-order valence-electron chi connectivity index (χ0n) is 22.8. The first-order valence-electron chi connectivity index (χ1n) is 13.3. The Labute approximate surface area is 245 Å². The number of pyridine rings is 1. The Morgan fingerprint density at radius 3 is 2.51 bits per heavy atom. The van der Waals surface area contributed by atoms with Crippen LogP contribution in [0.15, 0.2) is 101 Å². The van der Waals surface area contributed by atoms with Crippen molar-refractivity contribution < 1.29 is 17.9 Å². The smallest absolute Gasteiger partial charge is 0.261 e. The molecule has 12 nitrogen and oxygen atoms in total. The number of ether oxygens (including phenoxy) is 1. The number of rotatable bonds is 9. The molecule has 216 valence electrons. The normalized spacial score (nSPS) is 11.5. The third-order valence-corrected chi connectivity index (χ3v) is 8.00. The highest BCUT2D eigenvalue weighted by atomic mass is 32.2. The summed E-state index contributed by atoms with van der Waals surface area (Å²) in [7, 11) is -4.01. The number of fused-ring (bicyclic) bond motifs is 2. The van der Waals surface area contributed by atoms with Crippen LogP contribution >= 0.6 is 0 Å². The summed E-state index contributed by atoms with van der Waals surface area (Å²) in [6, 6.07) is 20.8. The molecule has 6 aromatic rings. The first kappa shape index (κ1) is 27.6. The molecule has 1 amide bonds. The lowest BCUT2D eigenvalue weighted by molar-refractivity contribution is 0.102. The van der Waals surface area contributed by atoms with Crippen LogP contribution in [0.4, 0.5) is 11.4 Å². The standard InChI is InChI=1S/C30H25N7O5S/c1-2-42-22-10-8-21(9-11-22)36-43(40,41)23-12-13-26-24(17-23)25(18-28(38)33-26)29(39)32-20-6-4-19(5-7-20)16-27-34-35-30-31-14-3-15-37(27)30/h3-15,17-18,36H,2,16H2,1H3,(H,32,39)(H,33,38). The van der Waals surface area contributed by atoms with Crippen LogP contribution in [0.25, 0.3) is 16.7 Å². The van der Waals surface area contributed by atoms with E-state index < -0.39 is 21.5 Å². The van der Waals surface area contributed by atoms with Crippen LogP contribution in [0.3, 0.4) is 0 Å². The summed E-state index contributed by atoms with van der Waals surface area (Å²) in [6.45, 7) is 2.35. The highest BCUT2D eigenvalue weighted by Gasteiger charge is 2.19. The molecule has 0 atom stereocenters. The first-order chi connectivity index (χ1) is 20.8. The van der Waals surface area contributed by atoms with E-state index >= 15 is 0 Å². The maximum atomic E-state index is 13.3. The van der Waals surface area contributed by atoms with Crippen LogP contribution in [0, 0.1) is 0 Å². The minimum atomic E-state index is -4.01. The molecule has 3 heterocycles. The van der Waals surface area contributed by atoms with E-state index in [4.69, 9.17) is 4.74 Å². The van der Waals surface area contributed by atoms with Gasteiger partial charge in [0.05, 0.1) is 17.1 Å². The highest BCUT2D eigenvalue weighted by Crippen LogP contribution is 2.24. The Balaban J connectivity index is 1.23. The van der Waals surface area contributed by atoms with Crippen molar-refractivity contribution in [2.45, 2.75) is 18.2 Å². The fourth-order valence-electron chi connectivity index (χ4n) is 4.58. The molecule has 0 bridgehead atoms. The molecule has 13 heteroatoms. The lowest BCUT2D eigenvalue weighted by Gasteiger charge is -2.12. The summed E-state index contributed by atoms with van der Waals surface area (Å²) in [4.78, 5) is 32.4. The molecule has 0 unspecified atom stereocenters. The van der Waals surface area contributed by atoms with E-state index in [2.05, 4.69) is 30.2 Å². The minimum absolute atomic E-state index is 0.0309. The molecule has 43 heavy (non-hydrogen) atoms. The number of hydrogen-bond acceptors (Lipinski definition) is 8. The van der Waals surface area contributed by atoms with E-state index in [0.717, 1.165) is 17.5 Å². The van der Waals surface area contributed by atoms with Gasteiger partial charge in [-0.2, -0.15) is 0 Å². The summed E-state index contributed by atoms with van der Waals surface area (Å²) in [5, 5.41) is 11.3. The van der Waals surface area contributed by atoms with Gasteiger partial charge in [-0.05, 0) is 73.2 Å². The van der Waals surface area contributed by atoms with Gasteiger partial charge in [0.15, 0.2) is 0 Å². The molecule has 3 aromatic heterocycles. The number of nitrogens with zero attached hydrogens (tertiary/aromatic N) is 4. The van der Waals surface area contributed by atoms with Gasteiger partial charge in [-0.15, -0.1) is 10.2 Å². The van der Waals surface area contributed by atoms with Crippen molar-refractivity contribution in [1.82, 2.24) is 24.6 Å². The van der Waals surface area contributed by atoms with Crippen molar-refractivity contribution in [3.63, 3.8) is 0 Å². The van der Waals surface area contributed by atoms with E-state index in [-0.39, 0.29) is 15.8 Å². The van der Waals surface area contributed by atoms with Gasteiger partial charge in [0.2, 0.25) is 5.56 Å². The molecule has 6 rings (SSSR count). The Morgan fingerprint density at radius 2 is 1.74 bits per heavy atom. The Hall–Kier alpha value is -5.56. The van der Waals surface area contributed by atoms with Gasteiger partial charge in [0.25, 0.3) is 21.7 Å². The first-order valence-corrected chi connectivity index (χ1v) is 14.7. The van der Waals surface area contributed by atoms with Gasteiger partial charge in [0, 0.05) is 47.2 Å². The molecule has 0 saturated carbocycles. The van der Waals surface area contributed by atoms with Crippen LogP contribution in [-0.2, 0) is 16.4 Å². The van der Waals surface area contributed by atoms with Gasteiger partial charge in [-0.1, -0.05) is 12.1 Å². The molecule has 3 N–H and O–H groups in total. The van der Waals surface area contributed by atoms with Crippen LogP contribution in [-0.4, -0.2) is 45.5 Å². The monoisotopic (exact) mass is 595 g/mol. The van der Waals surface area contributed by atoms with Crippen molar-refractivity contribution in [3.05, 3.63) is 119 Å². The molecule has 0 aliphatic carbocycles. The molecule has 0 radical (unpaired) electrons. The molecular formula is C30H25N7O5S. The maximum Gasteiger partial charge on any atom is 0.261 e. The number of hydrogen-bond donors (Lipinski definition) is 3. The lowest BCUT2D eigenvalue weighted by atomic mass is 10.1. The van der Waals surface area contributed by atoms with Crippen LogP contribution in [0.1, 0.15) is 28.7 Å². The number of aromatic amines is 1. The van der Waals surface area contributed by atoms with Crippen LogP contribution in [0.5, 0.6) is 5.75 Å². The fraction of sp³-hybridized carbons (Fsp3) is 0.100. The number of aromatic nitrogens is 5. The zero-order valence-corrected chi connectivity index (χ0v) is 23.6. The highest BCUT2D eigenvalue weighted by molar-refractivity contribution is 7.92. The number of sulfonamides is 1. The summed E-state index contributed by atoms with van der Waals surface area (Å²) < 4.78 is 36.1. The predicted molar refractivity (Wildman–Crippen MR) is 161 cm³/mol. The molecular weight excluding hydrogens is 570 g/mol. The third kappa shape index (κ3) is 5.92. The maximum absolute atomic E-state index is 13.3. The van der Waals surface area contributed by atoms with E-state index in [1.54, 1.807) is 53.1 Å². The van der Waals surface area contributed by atoms with E-state index in [0.29, 0.717) is 41.4 Å². The van der Waals surface area contributed by atoms with Crippen LogP contribution < -0.4 is 20.3 Å². The Morgan fingerprint density at radius 1 is 0.977 bits per heavy atom. The minimum Gasteiger partial charge on any atom is -0.494 e. The number of carbonyl (C=O) groups is 1. The molecule has 3 aromatic carbocycles. The second kappa shape index (κ2) is 11.4. The average Bonchev–Trinajstić information content (AvgIpc) is 3.41. The Kier molecular flexibility index (Phi) is 7.30. The lowest BCUT2D eigenvalue weighted by Crippen LogP contribution is -2.18. The quantitative estimate of drug-likeness (QED) is 0.226. The van der Waals surface area contributed by atoms with Gasteiger partial charge in [-0.25, -0.2) is 13.4 Å². The number of carbonyl (C=O) groups excluding carboxylic acids is 1. The van der Waals surface area contributed by atoms with Crippen molar-refractivity contribution in [3.8, 4) is 5.75 Å². The zero-order chi connectivity index (χ0) is 30.0. The van der Waals surface area contributed by atoms with Gasteiger partial charge < -0.3 is 15.0 Å². The Bertz CT molecular complexity index is 2120. The number of amides is 1. The molecule has 0 spiro atoms. The SMILES string of the molecule is CCOc1ccc(NS(=O)(=O)c2ccc3[nH]c(=O)cc(C(=O)Nc4ccc(Cc5nnc6ncccn56)cc4)c3c2)cc1. The number of H-pyrrole nitrogens is 1. The largest absolute Gasteiger partial charge is 0.494 e. The van der Waals surface area contributed by atoms with E-state index in [1.807, 2.05) is 25.3 Å². The average molecular weight is 596 g/mol. The number of anilines is 2. The van der Waals surface area contributed by atoms with Crippen LogP contribution in [0.2, 0.25) is 0 Å². The molecule has 0 fully saturated rings. The van der Waals surface area contributed by atoms with E-state index in [9.17, 15) is 18.0 Å². The summed E-state index contributed by atoms with van der Waals surface area (Å²) in [6.07, 6.45) is 3.99. The molecule has 0 saturated heterocycles. The van der Waals surface area contributed by atoms with Crippen molar-refractivity contribution >= 4 is 44.0 Å². The molecule has 0 aliphatic rings. The van der Waals surface area contributed by atoms with Crippen molar-refractivity contribution in [2.75, 3.05) is 16.6 Å². The topological polar surface area (TPSA) is 160 Å². The van der Waals surface area contributed by atoms with E-state index in [1.165, 1.54) is 18.2 Å². The second-order valence-electron chi connectivity index (χ2n) is 9.55. The number of nitrogens with one attached hydrogen (secondary N) is 3. The summed E-state index contributed by atoms with van der Waals surface area (Å²) >= 11 is 0. The third-order valence-electron chi connectivity index (χ3n) is 6.62. The number of benzene rings is 3. The van der Waals surface area contributed by atoms with Gasteiger partial charge in [0.1, 0.15) is 11.6 Å². The van der Waals surface area contributed by atoms with Gasteiger partial charge in [-0.3, -0.25) is 18.7 Å². The summed E-state index contributed by atoms with van der Waals surface area (Å²) in [5.74, 6) is 1.28. The predicted octanol–water partition coefficient (Wildman–Crippen LogP) is 4.01. The van der Waals surface area contributed by atoms with Crippen molar-refractivity contribution in [1.29, 1.82) is 0 Å². The fourth-order valence-corrected chi connectivity index (χ4v) is 5.67. The van der Waals surface area contributed by atoms with Gasteiger partial charge >= 0.3 is 0 Å².